The largest absolute Gasteiger partial charge is 0.298 e. The maximum atomic E-state index is 2.36. The fourth-order valence-electron chi connectivity index (χ4n) is 1.70. The summed E-state index contributed by atoms with van der Waals surface area (Å²) in [5.41, 5.74) is 4.65. The van der Waals surface area contributed by atoms with E-state index in [9.17, 15) is 0 Å². The summed E-state index contributed by atoms with van der Waals surface area (Å²) in [6.07, 6.45) is 3.43. The molecule has 0 atom stereocenters. The molecular weight excluding hydrogens is 194 g/mol. The van der Waals surface area contributed by atoms with E-state index in [1.165, 1.54) is 12.0 Å². The average Bonchev–Trinajstić information content (AvgIpc) is 2.74. The predicted octanol–water partition coefficient (Wildman–Crippen LogP) is 4.66. The highest BCUT2D eigenvalue weighted by molar-refractivity contribution is 5.40. The number of likely N-dealkylation sites (N-methyl/N-ethyl adjacent to an activating group) is 1. The van der Waals surface area contributed by atoms with Crippen molar-refractivity contribution < 1.29 is 0 Å². The van der Waals surface area contributed by atoms with Gasteiger partial charge in [-0.25, -0.2) is 0 Å². The Hall–Kier alpha value is -0.560. The topological polar surface area (TPSA) is 3.24 Å². The molecule has 1 rings (SSSR count). The molecular formula is C15H31N. The second-order valence-electron chi connectivity index (χ2n) is 3.60. The normalized spacial score (nSPS) is 20.9. The van der Waals surface area contributed by atoms with Crippen LogP contribution in [0.25, 0.3) is 0 Å². The third-order valence-electron chi connectivity index (χ3n) is 2.65. The zero-order valence-corrected chi connectivity index (χ0v) is 12.6. The monoisotopic (exact) mass is 225 g/mol. The molecule has 1 heteroatoms. The van der Waals surface area contributed by atoms with Gasteiger partial charge >= 0.3 is 0 Å². The van der Waals surface area contributed by atoms with E-state index in [2.05, 4.69) is 38.8 Å². The average molecular weight is 225 g/mol. The van der Waals surface area contributed by atoms with Gasteiger partial charge in [-0.15, -0.1) is 0 Å². The summed E-state index contributed by atoms with van der Waals surface area (Å²) < 4.78 is 0. The minimum Gasteiger partial charge on any atom is -0.298 e. The first-order valence-corrected chi connectivity index (χ1v) is 6.71. The van der Waals surface area contributed by atoms with Crippen LogP contribution in [-0.4, -0.2) is 25.0 Å². The van der Waals surface area contributed by atoms with Crippen molar-refractivity contribution in [2.75, 3.05) is 20.1 Å². The van der Waals surface area contributed by atoms with Gasteiger partial charge in [0, 0.05) is 13.1 Å². The molecule has 1 nitrogen and oxygen atoms in total. The van der Waals surface area contributed by atoms with Crippen LogP contribution in [0.2, 0.25) is 0 Å². The van der Waals surface area contributed by atoms with Crippen molar-refractivity contribution in [2.45, 2.75) is 54.9 Å². The van der Waals surface area contributed by atoms with Crippen LogP contribution in [0.15, 0.2) is 22.8 Å². The van der Waals surface area contributed by atoms with E-state index >= 15 is 0 Å². The lowest BCUT2D eigenvalue weighted by molar-refractivity contribution is 0.436. The van der Waals surface area contributed by atoms with Gasteiger partial charge in [0.05, 0.1) is 0 Å². The van der Waals surface area contributed by atoms with Gasteiger partial charge in [-0.1, -0.05) is 46.3 Å². The second-order valence-corrected chi connectivity index (χ2v) is 3.60. The zero-order valence-electron chi connectivity index (χ0n) is 12.6. The molecule has 16 heavy (non-hydrogen) atoms. The minimum absolute atomic E-state index is 1.13. The quantitative estimate of drug-likeness (QED) is 0.627. The summed E-state index contributed by atoms with van der Waals surface area (Å²) >= 11 is 0. The molecule has 0 amide bonds. The maximum Gasteiger partial charge on any atom is 0.0236 e. The Balaban J connectivity index is 0. The van der Waals surface area contributed by atoms with Crippen LogP contribution >= 0.6 is 0 Å². The van der Waals surface area contributed by atoms with Crippen LogP contribution in [0.1, 0.15) is 54.9 Å². The van der Waals surface area contributed by atoms with E-state index in [0.717, 1.165) is 13.1 Å². The van der Waals surface area contributed by atoms with Crippen molar-refractivity contribution in [3.8, 4) is 0 Å². The van der Waals surface area contributed by atoms with Gasteiger partial charge in [0.1, 0.15) is 0 Å². The van der Waals surface area contributed by atoms with Gasteiger partial charge in [-0.05, 0) is 38.5 Å². The van der Waals surface area contributed by atoms with E-state index in [-0.39, 0.29) is 0 Å². The molecule has 0 N–H and O–H groups in total. The van der Waals surface area contributed by atoms with Crippen LogP contribution < -0.4 is 0 Å². The molecule has 0 aromatic carbocycles. The summed E-state index contributed by atoms with van der Waals surface area (Å²) in [6, 6.07) is 0. The molecule has 0 saturated carbocycles. The number of likely N-dealkylation sites (tertiary alicyclic amines) is 1. The van der Waals surface area contributed by atoms with Crippen LogP contribution in [0.4, 0.5) is 0 Å². The third-order valence-corrected chi connectivity index (χ3v) is 2.65. The Morgan fingerprint density at radius 1 is 1.19 bits per heavy atom. The number of rotatable bonds is 1. The molecule has 0 aliphatic carbocycles. The van der Waals surface area contributed by atoms with Crippen LogP contribution in [0, 0.1) is 0 Å². The Morgan fingerprint density at radius 2 is 1.69 bits per heavy atom. The fraction of sp³-hybridized carbons (Fsp3) is 0.733. The molecule has 0 unspecified atom stereocenters. The molecule has 1 aliphatic rings. The van der Waals surface area contributed by atoms with E-state index in [1.54, 1.807) is 11.1 Å². The molecule has 0 aromatic rings. The Bertz CT molecular complexity index is 221. The van der Waals surface area contributed by atoms with Gasteiger partial charge < -0.3 is 0 Å². The van der Waals surface area contributed by atoms with E-state index < -0.39 is 0 Å². The van der Waals surface area contributed by atoms with Gasteiger partial charge in [-0.2, -0.15) is 0 Å². The van der Waals surface area contributed by atoms with Crippen molar-refractivity contribution in [2.24, 2.45) is 0 Å². The number of hydrogen-bond donors (Lipinski definition) is 0. The second kappa shape index (κ2) is 10.9. The summed E-state index contributed by atoms with van der Waals surface area (Å²) in [5.74, 6) is 0. The van der Waals surface area contributed by atoms with Gasteiger partial charge in [0.15, 0.2) is 0 Å². The molecule has 1 fully saturated rings. The van der Waals surface area contributed by atoms with Crippen molar-refractivity contribution in [3.63, 3.8) is 0 Å². The van der Waals surface area contributed by atoms with Crippen LogP contribution in [0.3, 0.4) is 0 Å². The van der Waals surface area contributed by atoms with Crippen LogP contribution in [0.5, 0.6) is 0 Å². The van der Waals surface area contributed by atoms with Crippen molar-refractivity contribution >= 4 is 0 Å². The highest BCUT2D eigenvalue weighted by atomic mass is 15.1. The molecule has 1 aliphatic heterocycles. The SMILES string of the molecule is C/C=C1/CN(C)C/C1=C(/C)CC.CC.CC. The summed E-state index contributed by atoms with van der Waals surface area (Å²) in [6.45, 7) is 16.9. The first-order chi connectivity index (χ1) is 7.69. The first-order valence-electron chi connectivity index (χ1n) is 6.71. The lowest BCUT2D eigenvalue weighted by atomic mass is 10.0. The molecule has 0 radical (unpaired) electrons. The molecule has 1 saturated heterocycles. The smallest absolute Gasteiger partial charge is 0.0236 e. The summed E-state index contributed by atoms with van der Waals surface area (Å²) in [4.78, 5) is 2.36. The highest BCUT2D eigenvalue weighted by Crippen LogP contribution is 2.24. The Kier molecular flexibility index (Phi) is 12.2. The minimum atomic E-state index is 1.13. The van der Waals surface area contributed by atoms with E-state index in [1.807, 2.05) is 27.7 Å². The molecule has 0 bridgehead atoms. The summed E-state index contributed by atoms with van der Waals surface area (Å²) in [5, 5.41) is 0. The highest BCUT2D eigenvalue weighted by Gasteiger charge is 2.18. The van der Waals surface area contributed by atoms with Gasteiger partial charge in [0.2, 0.25) is 0 Å². The van der Waals surface area contributed by atoms with Gasteiger partial charge in [-0.3, -0.25) is 4.90 Å². The lowest BCUT2D eigenvalue weighted by Crippen LogP contribution is -2.11. The molecule has 0 spiro atoms. The van der Waals surface area contributed by atoms with Crippen molar-refractivity contribution in [1.82, 2.24) is 4.90 Å². The fourth-order valence-corrected chi connectivity index (χ4v) is 1.70. The first kappa shape index (κ1) is 17.8. The predicted molar refractivity (Wildman–Crippen MR) is 76.9 cm³/mol. The van der Waals surface area contributed by atoms with Gasteiger partial charge in [0.25, 0.3) is 0 Å². The van der Waals surface area contributed by atoms with Crippen molar-refractivity contribution in [3.05, 3.63) is 22.8 Å². The summed E-state index contributed by atoms with van der Waals surface area (Å²) in [7, 11) is 2.18. The number of hydrogen-bond acceptors (Lipinski definition) is 1. The lowest BCUT2D eigenvalue weighted by Gasteiger charge is -2.04. The molecule has 1 heterocycles. The van der Waals surface area contributed by atoms with E-state index in [4.69, 9.17) is 0 Å². The Labute approximate surface area is 103 Å². The molecule has 0 aromatic heterocycles. The number of nitrogens with zero attached hydrogens (tertiary/aromatic N) is 1. The van der Waals surface area contributed by atoms with Crippen LogP contribution in [-0.2, 0) is 0 Å². The Morgan fingerprint density at radius 3 is 2.06 bits per heavy atom. The number of allylic oxidation sites excluding steroid dienone is 2. The van der Waals surface area contributed by atoms with E-state index in [0.29, 0.717) is 0 Å². The maximum absolute atomic E-state index is 2.36. The standard InChI is InChI=1S/C11H19N.2C2H6/c1-5-9(3)11-8-12(4)7-10(11)6-2;2*1-2/h6H,5,7-8H2,1-4H3;2*1-2H3/b10-6-,11-9+;;. The van der Waals surface area contributed by atoms with Crippen molar-refractivity contribution in [1.29, 1.82) is 0 Å². The molecule has 96 valence electrons. The third kappa shape index (κ3) is 5.50. The zero-order chi connectivity index (χ0) is 13.1.